The molecule has 0 aromatic heterocycles. The van der Waals surface area contributed by atoms with Crippen LogP contribution in [0.2, 0.25) is 0 Å². The first kappa shape index (κ1) is 20.3. The smallest absolute Gasteiger partial charge is 0.259 e. The van der Waals surface area contributed by atoms with Gasteiger partial charge in [0, 0.05) is 18.8 Å². The third kappa shape index (κ3) is 4.19. The largest absolute Gasteiger partial charge is 0.496 e. The molecule has 0 aliphatic carbocycles. The lowest BCUT2D eigenvalue weighted by Crippen LogP contribution is -2.40. The standard InChI is InChI=1S/C20H24N2O5S/c1-14-4-5-15(2)18(12-14)21-20(23)17-13-16(6-7-19(17)26-3)28(24,25)22-8-10-27-11-9-22/h4-7,12-13H,8-11H2,1-3H3,(H,21,23). The zero-order chi connectivity index (χ0) is 20.3. The van der Waals surface area contributed by atoms with Crippen LogP contribution in [0.3, 0.4) is 0 Å². The van der Waals surface area contributed by atoms with Gasteiger partial charge in [0.2, 0.25) is 10.0 Å². The number of aryl methyl sites for hydroxylation is 2. The molecular formula is C20H24N2O5S. The third-order valence-electron chi connectivity index (χ3n) is 4.66. The minimum Gasteiger partial charge on any atom is -0.496 e. The zero-order valence-electron chi connectivity index (χ0n) is 16.2. The number of rotatable bonds is 5. The Hall–Kier alpha value is -2.42. The van der Waals surface area contributed by atoms with Gasteiger partial charge in [0.05, 0.1) is 30.8 Å². The van der Waals surface area contributed by atoms with E-state index in [0.717, 1.165) is 11.1 Å². The number of hydrogen-bond acceptors (Lipinski definition) is 5. The Balaban J connectivity index is 1.94. The molecule has 1 N–H and O–H groups in total. The Labute approximate surface area is 165 Å². The van der Waals surface area contributed by atoms with E-state index in [1.165, 1.54) is 29.6 Å². The lowest BCUT2D eigenvalue weighted by atomic mass is 10.1. The molecule has 0 saturated carbocycles. The SMILES string of the molecule is COc1ccc(S(=O)(=O)N2CCOCC2)cc1C(=O)Nc1cc(C)ccc1C. The van der Waals surface area contributed by atoms with E-state index in [1.807, 2.05) is 32.0 Å². The number of morpholine rings is 1. The molecule has 2 aromatic rings. The highest BCUT2D eigenvalue weighted by atomic mass is 32.2. The molecule has 3 rings (SSSR count). The van der Waals surface area contributed by atoms with Gasteiger partial charge in [-0.15, -0.1) is 0 Å². The van der Waals surface area contributed by atoms with E-state index >= 15 is 0 Å². The summed E-state index contributed by atoms with van der Waals surface area (Å²) in [4.78, 5) is 13.0. The van der Waals surface area contributed by atoms with Crippen LogP contribution in [-0.2, 0) is 14.8 Å². The number of amides is 1. The number of carbonyl (C=O) groups excluding carboxylic acids is 1. The summed E-state index contributed by atoms with van der Waals surface area (Å²) >= 11 is 0. The molecule has 0 spiro atoms. The van der Waals surface area contributed by atoms with Crippen LogP contribution in [0.4, 0.5) is 5.69 Å². The lowest BCUT2D eigenvalue weighted by molar-refractivity contribution is 0.0730. The van der Waals surface area contributed by atoms with Gasteiger partial charge in [-0.05, 0) is 49.2 Å². The van der Waals surface area contributed by atoms with Crippen molar-refractivity contribution in [2.45, 2.75) is 18.7 Å². The zero-order valence-corrected chi connectivity index (χ0v) is 17.0. The molecular weight excluding hydrogens is 380 g/mol. The Bertz CT molecular complexity index is 982. The summed E-state index contributed by atoms with van der Waals surface area (Å²) in [6, 6.07) is 10.1. The van der Waals surface area contributed by atoms with Gasteiger partial charge in [-0.25, -0.2) is 8.42 Å². The average Bonchev–Trinajstić information content (AvgIpc) is 2.70. The van der Waals surface area contributed by atoms with E-state index in [2.05, 4.69) is 5.32 Å². The summed E-state index contributed by atoms with van der Waals surface area (Å²) in [5, 5.41) is 2.85. The fourth-order valence-corrected chi connectivity index (χ4v) is 4.46. The molecule has 0 bridgehead atoms. The van der Waals surface area contributed by atoms with E-state index in [-0.39, 0.29) is 10.5 Å². The molecule has 1 aliphatic heterocycles. The second-order valence-corrected chi connectivity index (χ2v) is 8.59. The molecule has 8 heteroatoms. The van der Waals surface area contributed by atoms with Crippen molar-refractivity contribution in [3.63, 3.8) is 0 Å². The van der Waals surface area contributed by atoms with Crippen molar-refractivity contribution in [1.29, 1.82) is 0 Å². The van der Waals surface area contributed by atoms with E-state index in [4.69, 9.17) is 9.47 Å². The highest BCUT2D eigenvalue weighted by Crippen LogP contribution is 2.27. The maximum absolute atomic E-state index is 12.9. The maximum atomic E-state index is 12.9. The predicted molar refractivity (Wildman–Crippen MR) is 106 cm³/mol. The van der Waals surface area contributed by atoms with Gasteiger partial charge >= 0.3 is 0 Å². The molecule has 7 nitrogen and oxygen atoms in total. The van der Waals surface area contributed by atoms with Gasteiger partial charge in [-0.2, -0.15) is 4.31 Å². The first-order valence-electron chi connectivity index (χ1n) is 8.97. The lowest BCUT2D eigenvalue weighted by Gasteiger charge is -2.26. The summed E-state index contributed by atoms with van der Waals surface area (Å²) in [7, 11) is -2.27. The molecule has 0 unspecified atom stereocenters. The molecule has 1 saturated heterocycles. The van der Waals surface area contributed by atoms with Crippen LogP contribution in [0.25, 0.3) is 0 Å². The van der Waals surface area contributed by atoms with Crippen molar-refractivity contribution < 1.29 is 22.7 Å². The minimum atomic E-state index is -3.71. The van der Waals surface area contributed by atoms with Gasteiger partial charge in [0.25, 0.3) is 5.91 Å². The van der Waals surface area contributed by atoms with Gasteiger partial charge in [-0.1, -0.05) is 12.1 Å². The Morgan fingerprint density at radius 2 is 1.82 bits per heavy atom. The van der Waals surface area contributed by atoms with Crippen molar-refractivity contribution >= 4 is 21.6 Å². The van der Waals surface area contributed by atoms with Crippen LogP contribution < -0.4 is 10.1 Å². The van der Waals surface area contributed by atoms with Crippen LogP contribution in [0.5, 0.6) is 5.75 Å². The quantitative estimate of drug-likeness (QED) is 0.828. The number of ether oxygens (including phenoxy) is 2. The average molecular weight is 404 g/mol. The molecule has 150 valence electrons. The molecule has 1 amide bonds. The van der Waals surface area contributed by atoms with Crippen LogP contribution in [-0.4, -0.2) is 52.0 Å². The summed E-state index contributed by atoms with van der Waals surface area (Å²) in [6.07, 6.45) is 0. The number of nitrogens with one attached hydrogen (secondary N) is 1. The molecule has 1 fully saturated rings. The molecule has 1 aliphatic rings. The molecule has 1 heterocycles. The number of benzene rings is 2. The number of carbonyl (C=O) groups is 1. The predicted octanol–water partition coefficient (Wildman–Crippen LogP) is 2.59. The van der Waals surface area contributed by atoms with Gasteiger partial charge in [-0.3, -0.25) is 4.79 Å². The summed E-state index contributed by atoms with van der Waals surface area (Å²) < 4.78 is 37.7. The second-order valence-electron chi connectivity index (χ2n) is 6.65. The van der Waals surface area contributed by atoms with Crippen molar-refractivity contribution in [2.24, 2.45) is 0 Å². The highest BCUT2D eigenvalue weighted by Gasteiger charge is 2.28. The fourth-order valence-electron chi connectivity index (χ4n) is 3.02. The van der Waals surface area contributed by atoms with Crippen LogP contribution in [0.1, 0.15) is 21.5 Å². The first-order chi connectivity index (χ1) is 13.3. The normalized spacial score (nSPS) is 15.2. The Morgan fingerprint density at radius 1 is 1.11 bits per heavy atom. The number of sulfonamides is 1. The number of methoxy groups -OCH3 is 1. The Kier molecular flexibility index (Phi) is 6.02. The van der Waals surface area contributed by atoms with E-state index < -0.39 is 15.9 Å². The second kappa shape index (κ2) is 8.30. The number of hydrogen-bond donors (Lipinski definition) is 1. The molecule has 2 aromatic carbocycles. The first-order valence-corrected chi connectivity index (χ1v) is 10.4. The minimum absolute atomic E-state index is 0.0568. The van der Waals surface area contributed by atoms with E-state index in [0.29, 0.717) is 37.7 Å². The third-order valence-corrected chi connectivity index (χ3v) is 6.56. The fraction of sp³-hybridized carbons (Fsp3) is 0.350. The summed E-state index contributed by atoms with van der Waals surface area (Å²) in [5.74, 6) is -0.117. The number of nitrogens with zero attached hydrogens (tertiary/aromatic N) is 1. The van der Waals surface area contributed by atoms with Crippen LogP contribution >= 0.6 is 0 Å². The summed E-state index contributed by atoms with van der Waals surface area (Å²) in [6.45, 7) is 5.12. The molecule has 28 heavy (non-hydrogen) atoms. The molecule has 0 atom stereocenters. The maximum Gasteiger partial charge on any atom is 0.259 e. The number of anilines is 1. The van der Waals surface area contributed by atoms with Crippen LogP contribution in [0.15, 0.2) is 41.3 Å². The van der Waals surface area contributed by atoms with Gasteiger partial charge < -0.3 is 14.8 Å². The Morgan fingerprint density at radius 3 is 2.50 bits per heavy atom. The van der Waals surface area contributed by atoms with Crippen molar-refractivity contribution in [1.82, 2.24) is 4.31 Å². The van der Waals surface area contributed by atoms with E-state index in [1.54, 1.807) is 0 Å². The monoisotopic (exact) mass is 404 g/mol. The summed E-state index contributed by atoms with van der Waals surface area (Å²) in [5.41, 5.74) is 2.76. The highest BCUT2D eigenvalue weighted by molar-refractivity contribution is 7.89. The van der Waals surface area contributed by atoms with Gasteiger partial charge in [0.15, 0.2) is 0 Å². The molecule has 0 radical (unpaired) electrons. The van der Waals surface area contributed by atoms with E-state index in [9.17, 15) is 13.2 Å². The van der Waals surface area contributed by atoms with Crippen molar-refractivity contribution in [3.8, 4) is 5.75 Å². The van der Waals surface area contributed by atoms with Crippen molar-refractivity contribution in [3.05, 3.63) is 53.1 Å². The van der Waals surface area contributed by atoms with Gasteiger partial charge in [0.1, 0.15) is 5.75 Å². The van der Waals surface area contributed by atoms with Crippen LogP contribution in [0, 0.1) is 13.8 Å². The topological polar surface area (TPSA) is 84.9 Å². The van der Waals surface area contributed by atoms with Crippen molar-refractivity contribution in [2.75, 3.05) is 38.7 Å².